The van der Waals surface area contributed by atoms with Crippen molar-refractivity contribution in [1.29, 1.82) is 0 Å². The molecule has 0 aliphatic carbocycles. The predicted molar refractivity (Wildman–Crippen MR) is 70.4 cm³/mol. The van der Waals surface area contributed by atoms with Crippen LogP contribution < -0.4 is 11.5 Å². The zero-order chi connectivity index (χ0) is 13.4. The van der Waals surface area contributed by atoms with E-state index in [1.54, 1.807) is 25.3 Å². The van der Waals surface area contributed by atoms with E-state index in [9.17, 15) is 4.79 Å². The van der Waals surface area contributed by atoms with Gasteiger partial charge in [-0.15, -0.1) is 0 Å². The highest BCUT2D eigenvalue weighted by molar-refractivity contribution is 5.95. The Morgan fingerprint density at radius 1 is 1.59 bits per heavy atom. The quantitative estimate of drug-likeness (QED) is 0.767. The van der Waals surface area contributed by atoms with Crippen molar-refractivity contribution >= 4 is 12.0 Å². The molecule has 4 N–H and O–H groups in total. The molecule has 94 valence electrons. The summed E-state index contributed by atoms with van der Waals surface area (Å²) in [5.41, 5.74) is 12.0. The van der Waals surface area contributed by atoms with Crippen molar-refractivity contribution in [1.82, 2.24) is 9.78 Å². The molecule has 1 aromatic heterocycles. The van der Waals surface area contributed by atoms with Gasteiger partial charge in [-0.05, 0) is 13.5 Å². The Morgan fingerprint density at radius 3 is 2.53 bits per heavy atom. The van der Waals surface area contributed by atoms with Crippen molar-refractivity contribution in [3.8, 4) is 0 Å². The van der Waals surface area contributed by atoms with Crippen LogP contribution in [0.25, 0.3) is 6.08 Å². The number of rotatable bonds is 3. The highest BCUT2D eigenvalue weighted by Gasteiger charge is 2.14. The summed E-state index contributed by atoms with van der Waals surface area (Å²) in [5.74, 6) is -0.475. The van der Waals surface area contributed by atoms with Gasteiger partial charge in [0.1, 0.15) is 5.69 Å². The van der Waals surface area contributed by atoms with Gasteiger partial charge in [0.25, 0.3) is 5.91 Å². The Morgan fingerprint density at radius 2 is 2.12 bits per heavy atom. The van der Waals surface area contributed by atoms with E-state index in [1.807, 2.05) is 13.8 Å². The van der Waals surface area contributed by atoms with Gasteiger partial charge in [0, 0.05) is 12.6 Å². The zero-order valence-corrected chi connectivity index (χ0v) is 10.6. The van der Waals surface area contributed by atoms with Crippen molar-refractivity contribution < 1.29 is 4.79 Å². The van der Waals surface area contributed by atoms with Gasteiger partial charge in [0.05, 0.1) is 5.69 Å². The Kier molecular flexibility index (Phi) is 6.58. The first-order valence-corrected chi connectivity index (χ1v) is 5.32. The third kappa shape index (κ3) is 4.24. The number of aryl methyl sites for hydroxylation is 2. The molecule has 17 heavy (non-hydrogen) atoms. The fraction of sp³-hybridized carbons (Fsp3) is 0.333. The average molecular weight is 236 g/mol. The molecule has 0 fully saturated rings. The topological polar surface area (TPSA) is 86.9 Å². The molecule has 0 saturated carbocycles. The van der Waals surface area contributed by atoms with Crippen LogP contribution in [0.4, 0.5) is 0 Å². The minimum Gasteiger partial charge on any atom is -0.364 e. The summed E-state index contributed by atoms with van der Waals surface area (Å²) >= 11 is 0. The Labute approximate surface area is 102 Å². The van der Waals surface area contributed by atoms with Gasteiger partial charge in [-0.2, -0.15) is 5.10 Å². The van der Waals surface area contributed by atoms with Crippen molar-refractivity contribution in [2.24, 2.45) is 18.5 Å². The van der Waals surface area contributed by atoms with Crippen LogP contribution in [-0.4, -0.2) is 22.2 Å². The molecule has 5 nitrogen and oxygen atoms in total. The first-order valence-electron chi connectivity index (χ1n) is 5.32. The lowest BCUT2D eigenvalue weighted by molar-refractivity contribution is 0.0991. The molecule has 1 heterocycles. The van der Waals surface area contributed by atoms with E-state index in [2.05, 4.69) is 11.7 Å². The largest absolute Gasteiger partial charge is 0.364 e. The Bertz CT molecular complexity index is 418. The van der Waals surface area contributed by atoms with E-state index in [4.69, 9.17) is 11.5 Å². The minimum atomic E-state index is -0.475. The van der Waals surface area contributed by atoms with Crippen LogP contribution in [0.2, 0.25) is 0 Å². The number of carbonyl (C=O) groups is 1. The molecule has 0 saturated heterocycles. The molecule has 0 spiro atoms. The Balaban J connectivity index is 0.000000770. The van der Waals surface area contributed by atoms with Crippen LogP contribution in [0.1, 0.15) is 28.7 Å². The number of nitrogens with zero attached hydrogens (tertiary/aromatic N) is 2. The molecule has 0 radical (unpaired) electrons. The second-order valence-electron chi connectivity index (χ2n) is 3.34. The zero-order valence-electron chi connectivity index (χ0n) is 10.6. The number of allylic oxidation sites excluding steroid dienone is 2. The van der Waals surface area contributed by atoms with E-state index >= 15 is 0 Å². The molecular weight excluding hydrogens is 216 g/mol. The summed E-state index contributed by atoms with van der Waals surface area (Å²) in [6, 6.07) is 0. The van der Waals surface area contributed by atoms with E-state index in [0.29, 0.717) is 5.69 Å². The minimum absolute atomic E-state index is 0.417. The molecule has 0 atom stereocenters. The molecule has 0 bridgehead atoms. The molecule has 0 unspecified atom stereocenters. The summed E-state index contributed by atoms with van der Waals surface area (Å²) < 4.78 is 1.49. The monoisotopic (exact) mass is 236 g/mol. The number of aromatic nitrogens is 2. The maximum absolute atomic E-state index is 11.1. The van der Waals surface area contributed by atoms with Gasteiger partial charge in [0.15, 0.2) is 0 Å². The van der Waals surface area contributed by atoms with Gasteiger partial charge in [-0.1, -0.05) is 31.7 Å². The van der Waals surface area contributed by atoms with Gasteiger partial charge in [-0.25, -0.2) is 0 Å². The summed E-state index contributed by atoms with van der Waals surface area (Å²) in [5, 5.41) is 4.12. The highest BCUT2D eigenvalue weighted by Crippen LogP contribution is 2.14. The molecular formula is C12H20N4O. The van der Waals surface area contributed by atoms with Crippen molar-refractivity contribution in [3.05, 3.63) is 35.7 Å². The smallest absolute Gasteiger partial charge is 0.267 e. The van der Waals surface area contributed by atoms with Crippen LogP contribution in [0, 0.1) is 6.92 Å². The van der Waals surface area contributed by atoms with E-state index in [0.717, 1.165) is 17.8 Å². The molecule has 5 heteroatoms. The van der Waals surface area contributed by atoms with Gasteiger partial charge >= 0.3 is 0 Å². The van der Waals surface area contributed by atoms with Crippen LogP contribution in [-0.2, 0) is 7.05 Å². The molecule has 1 amide bonds. The Hall–Kier alpha value is -1.88. The summed E-state index contributed by atoms with van der Waals surface area (Å²) in [6.45, 7) is 8.04. The summed E-state index contributed by atoms with van der Waals surface area (Å²) in [6.07, 6.45) is 5.16. The van der Waals surface area contributed by atoms with E-state index < -0.39 is 5.91 Å². The normalized spacial score (nSPS) is 9.88. The van der Waals surface area contributed by atoms with Crippen LogP contribution in [0.3, 0.4) is 0 Å². The lowest BCUT2D eigenvalue weighted by atomic mass is 10.1. The maximum Gasteiger partial charge on any atom is 0.267 e. The van der Waals surface area contributed by atoms with Gasteiger partial charge < -0.3 is 11.5 Å². The SMILES string of the molecule is C=C/C=C\c1c(C)nn(C)c1C(N)=O.CCN. The summed E-state index contributed by atoms with van der Waals surface area (Å²) in [7, 11) is 1.69. The number of hydrogen-bond donors (Lipinski definition) is 2. The number of amides is 1. The van der Waals surface area contributed by atoms with Gasteiger partial charge in [-0.3, -0.25) is 9.48 Å². The number of primary amides is 1. The van der Waals surface area contributed by atoms with Crippen LogP contribution in [0.5, 0.6) is 0 Å². The highest BCUT2D eigenvalue weighted by atomic mass is 16.1. The third-order valence-electron chi connectivity index (χ3n) is 1.90. The third-order valence-corrected chi connectivity index (χ3v) is 1.90. The molecule has 1 rings (SSSR count). The van der Waals surface area contributed by atoms with Crippen molar-refractivity contribution in [2.45, 2.75) is 13.8 Å². The first-order chi connectivity index (χ1) is 7.99. The van der Waals surface area contributed by atoms with Crippen LogP contribution >= 0.6 is 0 Å². The van der Waals surface area contributed by atoms with Crippen molar-refractivity contribution in [3.63, 3.8) is 0 Å². The lowest BCUT2D eigenvalue weighted by Gasteiger charge is -1.96. The standard InChI is InChI=1S/C10H13N3O.C2H7N/c1-4-5-6-8-7(2)12-13(3)9(8)10(11)14;1-2-3/h4-6H,1H2,2-3H3,(H2,11,14);2-3H2,1H3/b6-5-;. The fourth-order valence-electron chi connectivity index (χ4n) is 1.33. The van der Waals surface area contributed by atoms with Gasteiger partial charge in [0.2, 0.25) is 0 Å². The average Bonchev–Trinajstić information content (AvgIpc) is 2.51. The fourth-order valence-corrected chi connectivity index (χ4v) is 1.33. The number of nitrogens with two attached hydrogens (primary N) is 2. The molecule has 1 aromatic rings. The maximum atomic E-state index is 11.1. The second kappa shape index (κ2) is 7.40. The van der Waals surface area contributed by atoms with Crippen LogP contribution in [0.15, 0.2) is 18.7 Å². The number of hydrogen-bond acceptors (Lipinski definition) is 3. The molecule has 0 aromatic carbocycles. The molecule has 0 aliphatic heterocycles. The number of carbonyl (C=O) groups excluding carboxylic acids is 1. The van der Waals surface area contributed by atoms with E-state index in [-0.39, 0.29) is 0 Å². The van der Waals surface area contributed by atoms with Crippen molar-refractivity contribution in [2.75, 3.05) is 6.54 Å². The second-order valence-corrected chi connectivity index (χ2v) is 3.34. The lowest BCUT2D eigenvalue weighted by Crippen LogP contribution is -2.16. The summed E-state index contributed by atoms with van der Waals surface area (Å²) in [4.78, 5) is 11.1. The first kappa shape index (κ1) is 15.1. The predicted octanol–water partition coefficient (Wildman–Crippen LogP) is 0.992. The van der Waals surface area contributed by atoms with E-state index in [1.165, 1.54) is 4.68 Å². The molecule has 0 aliphatic rings.